The largest absolute Gasteiger partial charge is 0.472 e. The molecule has 4 heteroatoms. The molecule has 2 atom stereocenters. The van der Waals surface area contributed by atoms with Crippen LogP contribution in [0.25, 0.3) is 0 Å². The minimum Gasteiger partial charge on any atom is -0.472 e. The van der Waals surface area contributed by atoms with Crippen LogP contribution in [-0.4, -0.2) is 42.3 Å². The van der Waals surface area contributed by atoms with Crippen molar-refractivity contribution in [3.8, 4) is 0 Å². The van der Waals surface area contributed by atoms with Crippen LogP contribution in [0.15, 0.2) is 23.0 Å². The number of hydrogen-bond acceptors (Lipinski definition) is 4. The van der Waals surface area contributed by atoms with Crippen molar-refractivity contribution >= 4 is 0 Å². The lowest BCUT2D eigenvalue weighted by Gasteiger charge is -2.33. The first kappa shape index (κ1) is 16.5. The number of likely N-dealkylation sites (N-methyl/N-ethyl adjacent to an activating group) is 1. The summed E-state index contributed by atoms with van der Waals surface area (Å²) in [6.45, 7) is 13.8. The Morgan fingerprint density at radius 3 is 2.52 bits per heavy atom. The van der Waals surface area contributed by atoms with Crippen LogP contribution in [0.1, 0.15) is 40.2 Å². The first-order chi connectivity index (χ1) is 9.76. The molecule has 1 N–H and O–H groups in total. The average Bonchev–Trinajstić information content (AvgIpc) is 2.89. The molecule has 0 spiro atoms. The van der Waals surface area contributed by atoms with Crippen molar-refractivity contribution in [2.45, 2.75) is 58.4 Å². The SMILES string of the molecule is CCNC1C(CN(C)Cc2ccoc2)C(C)(C)OC1(C)C. The summed E-state index contributed by atoms with van der Waals surface area (Å²) >= 11 is 0. The van der Waals surface area contributed by atoms with Crippen molar-refractivity contribution in [3.63, 3.8) is 0 Å². The van der Waals surface area contributed by atoms with Gasteiger partial charge >= 0.3 is 0 Å². The molecule has 0 bridgehead atoms. The highest BCUT2D eigenvalue weighted by atomic mass is 16.5. The number of ether oxygens (including phenoxy) is 1. The maximum absolute atomic E-state index is 6.34. The molecule has 0 saturated carbocycles. The summed E-state index contributed by atoms with van der Waals surface area (Å²) in [4.78, 5) is 2.35. The lowest BCUT2D eigenvalue weighted by molar-refractivity contribution is -0.0793. The molecule has 1 aliphatic heterocycles. The molecule has 0 amide bonds. The molecule has 0 aromatic carbocycles. The first-order valence-corrected chi connectivity index (χ1v) is 7.89. The second-order valence-corrected chi connectivity index (χ2v) is 7.28. The van der Waals surface area contributed by atoms with E-state index >= 15 is 0 Å². The predicted molar refractivity (Wildman–Crippen MR) is 85.2 cm³/mol. The van der Waals surface area contributed by atoms with E-state index in [-0.39, 0.29) is 11.2 Å². The molecule has 21 heavy (non-hydrogen) atoms. The molecule has 1 aliphatic rings. The van der Waals surface area contributed by atoms with E-state index in [1.165, 1.54) is 5.56 Å². The predicted octanol–water partition coefficient (Wildman–Crippen LogP) is 2.89. The van der Waals surface area contributed by atoms with Crippen LogP contribution in [0.5, 0.6) is 0 Å². The fraction of sp³-hybridized carbons (Fsp3) is 0.765. The monoisotopic (exact) mass is 294 g/mol. The summed E-state index contributed by atoms with van der Waals surface area (Å²) in [5, 5.41) is 3.63. The molecule has 2 unspecified atom stereocenters. The zero-order chi connectivity index (χ0) is 15.7. The third-order valence-electron chi connectivity index (χ3n) is 4.54. The van der Waals surface area contributed by atoms with Gasteiger partial charge in [-0.3, -0.25) is 0 Å². The van der Waals surface area contributed by atoms with Crippen molar-refractivity contribution in [2.75, 3.05) is 20.1 Å². The molecule has 4 nitrogen and oxygen atoms in total. The quantitative estimate of drug-likeness (QED) is 0.875. The van der Waals surface area contributed by atoms with Crippen molar-refractivity contribution in [3.05, 3.63) is 24.2 Å². The highest BCUT2D eigenvalue weighted by molar-refractivity contribution is 5.08. The summed E-state index contributed by atoms with van der Waals surface area (Å²) in [5.41, 5.74) is 0.954. The molecular weight excluding hydrogens is 264 g/mol. The van der Waals surface area contributed by atoms with E-state index in [0.717, 1.165) is 19.6 Å². The molecule has 1 fully saturated rings. The van der Waals surface area contributed by atoms with Crippen LogP contribution in [-0.2, 0) is 11.3 Å². The topological polar surface area (TPSA) is 37.6 Å². The van der Waals surface area contributed by atoms with Crippen molar-refractivity contribution in [2.24, 2.45) is 5.92 Å². The number of hydrogen-bond donors (Lipinski definition) is 1. The van der Waals surface area contributed by atoms with Crippen molar-refractivity contribution in [1.29, 1.82) is 0 Å². The van der Waals surface area contributed by atoms with Crippen LogP contribution < -0.4 is 5.32 Å². The van der Waals surface area contributed by atoms with E-state index in [1.54, 1.807) is 6.26 Å². The Bertz CT molecular complexity index is 440. The van der Waals surface area contributed by atoms with Crippen molar-refractivity contribution < 1.29 is 9.15 Å². The van der Waals surface area contributed by atoms with Gasteiger partial charge in [0.1, 0.15) is 0 Å². The smallest absolute Gasteiger partial charge is 0.0947 e. The summed E-state index contributed by atoms with van der Waals surface area (Å²) < 4.78 is 11.5. The van der Waals surface area contributed by atoms with E-state index in [9.17, 15) is 0 Å². The summed E-state index contributed by atoms with van der Waals surface area (Å²) in [5.74, 6) is 0.448. The Labute approximate surface area is 128 Å². The molecule has 2 rings (SSSR count). The van der Waals surface area contributed by atoms with Gasteiger partial charge in [-0.25, -0.2) is 0 Å². The summed E-state index contributed by atoms with van der Waals surface area (Å²) in [6, 6.07) is 2.39. The van der Waals surface area contributed by atoms with Gasteiger partial charge in [-0.2, -0.15) is 0 Å². The maximum Gasteiger partial charge on any atom is 0.0947 e. The number of furan rings is 1. The second kappa shape index (κ2) is 6.11. The molecular formula is C17H30N2O2. The molecule has 0 radical (unpaired) electrons. The molecule has 1 saturated heterocycles. The molecule has 2 heterocycles. The molecule has 1 aromatic heterocycles. The molecule has 1 aromatic rings. The van der Waals surface area contributed by atoms with Crippen LogP contribution >= 0.6 is 0 Å². The highest BCUT2D eigenvalue weighted by Crippen LogP contribution is 2.42. The van der Waals surface area contributed by atoms with Crippen LogP contribution in [0, 0.1) is 5.92 Å². The van der Waals surface area contributed by atoms with Crippen molar-refractivity contribution in [1.82, 2.24) is 10.2 Å². The van der Waals surface area contributed by atoms with Gasteiger partial charge in [0.15, 0.2) is 0 Å². The Kier molecular flexibility index (Phi) is 4.81. The lowest BCUT2D eigenvalue weighted by Crippen LogP contribution is -2.50. The van der Waals surface area contributed by atoms with Gasteiger partial charge < -0.3 is 19.4 Å². The van der Waals surface area contributed by atoms with Gasteiger partial charge in [0.25, 0.3) is 0 Å². The third-order valence-corrected chi connectivity index (χ3v) is 4.54. The fourth-order valence-corrected chi connectivity index (χ4v) is 3.73. The van der Waals surface area contributed by atoms with E-state index in [1.807, 2.05) is 12.3 Å². The normalized spacial score (nSPS) is 27.4. The van der Waals surface area contributed by atoms with Crippen LogP contribution in [0.3, 0.4) is 0 Å². The zero-order valence-corrected chi connectivity index (χ0v) is 14.3. The van der Waals surface area contributed by atoms with Gasteiger partial charge in [0, 0.05) is 30.6 Å². The minimum atomic E-state index is -0.138. The highest BCUT2D eigenvalue weighted by Gasteiger charge is 2.53. The van der Waals surface area contributed by atoms with Crippen LogP contribution in [0.4, 0.5) is 0 Å². The van der Waals surface area contributed by atoms with E-state index < -0.39 is 0 Å². The summed E-state index contributed by atoms with van der Waals surface area (Å²) in [6.07, 6.45) is 3.55. The minimum absolute atomic E-state index is 0.124. The number of nitrogens with one attached hydrogen (secondary N) is 1. The third kappa shape index (κ3) is 3.68. The van der Waals surface area contributed by atoms with E-state index in [2.05, 4.69) is 51.9 Å². The number of rotatable bonds is 6. The van der Waals surface area contributed by atoms with E-state index in [4.69, 9.17) is 9.15 Å². The van der Waals surface area contributed by atoms with E-state index in [0.29, 0.717) is 12.0 Å². The van der Waals surface area contributed by atoms with Gasteiger partial charge in [-0.15, -0.1) is 0 Å². The van der Waals surface area contributed by atoms with Crippen LogP contribution in [0.2, 0.25) is 0 Å². The molecule has 0 aliphatic carbocycles. The maximum atomic E-state index is 6.34. The van der Waals surface area contributed by atoms with Gasteiger partial charge in [0.2, 0.25) is 0 Å². The Hall–Kier alpha value is -0.840. The van der Waals surface area contributed by atoms with Gasteiger partial charge in [-0.05, 0) is 47.4 Å². The second-order valence-electron chi connectivity index (χ2n) is 7.28. The fourth-order valence-electron chi connectivity index (χ4n) is 3.73. The first-order valence-electron chi connectivity index (χ1n) is 7.89. The standard InChI is InChI=1S/C17H30N2O2/c1-7-18-15-14(16(2,3)21-17(15,4)5)11-19(6)10-13-8-9-20-12-13/h8-9,12,14-15,18H,7,10-11H2,1-6H3. The van der Waals surface area contributed by atoms with Gasteiger partial charge in [-0.1, -0.05) is 6.92 Å². The Balaban J connectivity index is 2.07. The lowest BCUT2D eigenvalue weighted by atomic mass is 9.82. The summed E-state index contributed by atoms with van der Waals surface area (Å²) in [7, 11) is 2.16. The Morgan fingerprint density at radius 2 is 1.95 bits per heavy atom. The molecule has 120 valence electrons. The average molecular weight is 294 g/mol. The number of nitrogens with zero attached hydrogens (tertiary/aromatic N) is 1. The zero-order valence-electron chi connectivity index (χ0n) is 14.3. The Morgan fingerprint density at radius 1 is 1.24 bits per heavy atom. The van der Waals surface area contributed by atoms with Gasteiger partial charge in [0.05, 0.1) is 23.7 Å².